The second kappa shape index (κ2) is 10.9. The first-order valence-electron chi connectivity index (χ1n) is 10.6. The number of anilines is 1. The van der Waals surface area contributed by atoms with Crippen LogP contribution in [0.5, 0.6) is 0 Å². The van der Waals surface area contributed by atoms with E-state index in [1.807, 2.05) is 38.1 Å². The van der Waals surface area contributed by atoms with Crippen LogP contribution in [0, 0.1) is 13.8 Å². The van der Waals surface area contributed by atoms with Crippen LogP contribution in [0.15, 0.2) is 47.5 Å². The topological polar surface area (TPSA) is 66.0 Å². The normalized spacial score (nSPS) is 15.1. The van der Waals surface area contributed by atoms with Crippen molar-refractivity contribution in [2.45, 2.75) is 27.2 Å². The molecule has 160 valence electrons. The molecule has 1 fully saturated rings. The van der Waals surface area contributed by atoms with Gasteiger partial charge in [-0.05, 0) is 55.2 Å². The van der Waals surface area contributed by atoms with Crippen molar-refractivity contribution < 1.29 is 9.53 Å². The lowest BCUT2D eigenvalue weighted by atomic mass is 10.1. The highest BCUT2D eigenvalue weighted by molar-refractivity contribution is 6.10. The molecule has 3 rings (SSSR count). The molecule has 6 nitrogen and oxygen atoms in total. The Morgan fingerprint density at radius 1 is 1.10 bits per heavy atom. The molecule has 0 aromatic heterocycles. The van der Waals surface area contributed by atoms with E-state index in [9.17, 15) is 4.79 Å². The minimum atomic E-state index is -0.166. The summed E-state index contributed by atoms with van der Waals surface area (Å²) >= 11 is 0. The number of aryl methyl sites for hydroxylation is 3. The third kappa shape index (κ3) is 6.40. The third-order valence-corrected chi connectivity index (χ3v) is 5.29. The van der Waals surface area contributed by atoms with Gasteiger partial charge in [0.05, 0.1) is 19.8 Å². The molecule has 2 aromatic rings. The highest BCUT2D eigenvalue weighted by Crippen LogP contribution is 2.16. The number of carbonyl (C=O) groups excluding carboxylic acids is 1. The fourth-order valence-corrected chi connectivity index (χ4v) is 3.31. The highest BCUT2D eigenvalue weighted by Gasteiger charge is 2.12. The van der Waals surface area contributed by atoms with Crippen LogP contribution in [0.25, 0.3) is 0 Å². The van der Waals surface area contributed by atoms with Gasteiger partial charge in [0.15, 0.2) is 0 Å². The predicted molar refractivity (Wildman–Crippen MR) is 122 cm³/mol. The number of amides is 1. The van der Waals surface area contributed by atoms with Crippen LogP contribution in [0.1, 0.15) is 34.0 Å². The van der Waals surface area contributed by atoms with Crippen LogP contribution < -0.4 is 10.6 Å². The van der Waals surface area contributed by atoms with Crippen molar-refractivity contribution in [3.05, 3.63) is 64.7 Å². The Bertz CT molecular complexity index is 871. The van der Waals surface area contributed by atoms with Crippen molar-refractivity contribution >= 4 is 17.6 Å². The van der Waals surface area contributed by atoms with E-state index in [-0.39, 0.29) is 5.91 Å². The summed E-state index contributed by atoms with van der Waals surface area (Å²) in [6.07, 6.45) is 0.949. The third-order valence-electron chi connectivity index (χ3n) is 5.29. The Morgan fingerprint density at radius 2 is 1.83 bits per heavy atom. The highest BCUT2D eigenvalue weighted by atomic mass is 16.5. The Kier molecular flexibility index (Phi) is 7.99. The van der Waals surface area contributed by atoms with Crippen LogP contribution >= 0.6 is 0 Å². The van der Waals surface area contributed by atoms with E-state index in [0.717, 1.165) is 56.1 Å². The van der Waals surface area contributed by atoms with Gasteiger partial charge < -0.3 is 10.1 Å². The van der Waals surface area contributed by atoms with Crippen molar-refractivity contribution in [2.24, 2.45) is 4.99 Å². The minimum Gasteiger partial charge on any atom is -0.379 e. The molecule has 1 saturated heterocycles. The molecular formula is C24H32N4O2. The molecular weight excluding hydrogens is 376 g/mol. The number of aliphatic imine (C=N–C) groups is 1. The van der Waals surface area contributed by atoms with Gasteiger partial charge in [-0.2, -0.15) is 0 Å². The molecule has 0 aliphatic carbocycles. The zero-order chi connectivity index (χ0) is 21.3. The summed E-state index contributed by atoms with van der Waals surface area (Å²) in [7, 11) is 0. The van der Waals surface area contributed by atoms with Crippen LogP contribution in [0.3, 0.4) is 0 Å². The maximum Gasteiger partial charge on any atom is 0.257 e. The lowest BCUT2D eigenvalue weighted by Crippen LogP contribution is -2.39. The number of ether oxygens (including phenoxy) is 1. The summed E-state index contributed by atoms with van der Waals surface area (Å²) in [4.78, 5) is 19.8. The number of carbonyl (C=O) groups is 1. The standard InChI is InChI=1S/C24H32N4O2/c1-4-20-7-9-21(10-8-20)23(29)27-24(25-11-12-28-13-15-30-16-14-28)26-22-17-18(2)5-6-19(22)3/h5-10,17H,4,11-16H2,1-3H3,(H2,25,26,27,29). The van der Waals surface area contributed by atoms with E-state index < -0.39 is 0 Å². The van der Waals surface area contributed by atoms with Crippen molar-refractivity contribution in [3.8, 4) is 0 Å². The van der Waals surface area contributed by atoms with Crippen LogP contribution in [-0.4, -0.2) is 56.2 Å². The van der Waals surface area contributed by atoms with Gasteiger partial charge in [-0.1, -0.05) is 31.2 Å². The van der Waals surface area contributed by atoms with E-state index >= 15 is 0 Å². The Labute approximate surface area is 179 Å². The molecule has 30 heavy (non-hydrogen) atoms. The number of hydrogen-bond acceptors (Lipinski definition) is 4. The molecule has 2 N–H and O–H groups in total. The number of benzene rings is 2. The monoisotopic (exact) mass is 408 g/mol. The van der Waals surface area contributed by atoms with Gasteiger partial charge in [-0.15, -0.1) is 0 Å². The summed E-state index contributed by atoms with van der Waals surface area (Å²) in [5, 5.41) is 6.28. The predicted octanol–water partition coefficient (Wildman–Crippen LogP) is 3.40. The van der Waals surface area contributed by atoms with Crippen LogP contribution in [0.4, 0.5) is 5.69 Å². The summed E-state index contributed by atoms with van der Waals surface area (Å²) < 4.78 is 5.40. The number of nitrogens with one attached hydrogen (secondary N) is 2. The van der Waals surface area contributed by atoms with Gasteiger partial charge >= 0.3 is 0 Å². The van der Waals surface area contributed by atoms with E-state index in [4.69, 9.17) is 4.74 Å². The van der Waals surface area contributed by atoms with E-state index in [1.54, 1.807) is 0 Å². The zero-order valence-corrected chi connectivity index (χ0v) is 18.2. The molecule has 0 bridgehead atoms. The number of hydrogen-bond donors (Lipinski definition) is 2. The first kappa shape index (κ1) is 22.0. The van der Waals surface area contributed by atoms with Gasteiger partial charge in [0.2, 0.25) is 5.96 Å². The molecule has 1 aliphatic rings. The molecule has 0 atom stereocenters. The lowest BCUT2D eigenvalue weighted by Gasteiger charge is -2.25. The number of nitrogens with zero attached hydrogens (tertiary/aromatic N) is 2. The molecule has 0 spiro atoms. The zero-order valence-electron chi connectivity index (χ0n) is 18.2. The Balaban J connectivity index is 1.72. The molecule has 0 saturated carbocycles. The van der Waals surface area contributed by atoms with Crippen molar-refractivity contribution in [2.75, 3.05) is 44.7 Å². The SMILES string of the molecule is CCc1ccc(C(=O)NC(=NCCN2CCOCC2)Nc2cc(C)ccc2C)cc1. The summed E-state index contributed by atoms with van der Waals surface area (Å²) in [5.74, 6) is 0.308. The molecule has 2 aromatic carbocycles. The number of guanidine groups is 1. The summed E-state index contributed by atoms with van der Waals surface area (Å²) in [6, 6.07) is 13.9. The average molecular weight is 409 g/mol. The maximum atomic E-state index is 12.8. The minimum absolute atomic E-state index is 0.166. The first-order chi connectivity index (χ1) is 14.5. The van der Waals surface area contributed by atoms with Gasteiger partial charge in [-0.25, -0.2) is 0 Å². The quantitative estimate of drug-likeness (QED) is 0.568. The van der Waals surface area contributed by atoms with Gasteiger partial charge in [-0.3, -0.25) is 20.0 Å². The molecule has 1 heterocycles. The fourth-order valence-electron chi connectivity index (χ4n) is 3.31. The molecule has 6 heteroatoms. The second-order valence-corrected chi connectivity index (χ2v) is 7.63. The smallest absolute Gasteiger partial charge is 0.257 e. The van der Waals surface area contributed by atoms with Gasteiger partial charge in [0.1, 0.15) is 0 Å². The van der Waals surface area contributed by atoms with Crippen molar-refractivity contribution in [1.82, 2.24) is 10.2 Å². The maximum absolute atomic E-state index is 12.8. The van der Waals surface area contributed by atoms with Crippen LogP contribution in [-0.2, 0) is 11.2 Å². The number of rotatable bonds is 6. The van der Waals surface area contributed by atoms with E-state index in [0.29, 0.717) is 18.1 Å². The lowest BCUT2D eigenvalue weighted by molar-refractivity contribution is 0.0394. The largest absolute Gasteiger partial charge is 0.379 e. The molecule has 0 unspecified atom stereocenters. The average Bonchev–Trinajstić information content (AvgIpc) is 2.77. The van der Waals surface area contributed by atoms with Crippen LogP contribution in [0.2, 0.25) is 0 Å². The second-order valence-electron chi connectivity index (χ2n) is 7.63. The van der Waals surface area contributed by atoms with E-state index in [1.165, 1.54) is 5.56 Å². The first-order valence-corrected chi connectivity index (χ1v) is 10.6. The molecule has 1 aliphatic heterocycles. The van der Waals surface area contributed by atoms with Crippen molar-refractivity contribution in [3.63, 3.8) is 0 Å². The van der Waals surface area contributed by atoms with E-state index in [2.05, 4.69) is 45.6 Å². The molecule has 1 amide bonds. The summed E-state index contributed by atoms with van der Waals surface area (Å²) in [6.45, 7) is 11.0. The molecule has 0 radical (unpaired) electrons. The van der Waals surface area contributed by atoms with Gasteiger partial charge in [0, 0.05) is 30.9 Å². The summed E-state index contributed by atoms with van der Waals surface area (Å²) in [5.41, 5.74) is 5.03. The van der Waals surface area contributed by atoms with Crippen molar-refractivity contribution in [1.29, 1.82) is 0 Å². The fraction of sp³-hybridized carbons (Fsp3) is 0.417. The Hall–Kier alpha value is -2.70. The Morgan fingerprint density at radius 3 is 2.53 bits per heavy atom. The number of morpholine rings is 1. The van der Waals surface area contributed by atoms with Gasteiger partial charge in [0.25, 0.3) is 5.91 Å².